The zero-order valence-electron chi connectivity index (χ0n) is 11.4. The predicted molar refractivity (Wildman–Crippen MR) is 76.7 cm³/mol. The van der Waals surface area contributed by atoms with Crippen molar-refractivity contribution in [2.75, 3.05) is 13.1 Å². The zero-order chi connectivity index (χ0) is 13.5. The van der Waals surface area contributed by atoms with Crippen LogP contribution in [0.5, 0.6) is 0 Å². The number of carbonyl (C=O) groups excluding carboxylic acids is 1. The van der Waals surface area contributed by atoms with Gasteiger partial charge in [0.25, 0.3) is 5.91 Å². The monoisotopic (exact) mass is 279 g/mol. The molecule has 19 heavy (non-hydrogen) atoms. The number of likely N-dealkylation sites (tertiary alicyclic amines) is 1. The third-order valence-corrected chi connectivity index (χ3v) is 5.42. The van der Waals surface area contributed by atoms with Crippen molar-refractivity contribution >= 4 is 17.2 Å². The number of carbonyl (C=O) groups is 1. The van der Waals surface area contributed by atoms with Crippen molar-refractivity contribution in [3.05, 3.63) is 21.4 Å². The van der Waals surface area contributed by atoms with E-state index in [2.05, 4.69) is 6.07 Å². The molecule has 1 aromatic heterocycles. The molecule has 0 spiro atoms. The summed E-state index contributed by atoms with van der Waals surface area (Å²) in [7, 11) is 0. The van der Waals surface area contributed by atoms with Crippen molar-refractivity contribution in [3.8, 4) is 0 Å². The Bertz CT molecular complexity index is 469. The first kappa shape index (κ1) is 13.1. The normalized spacial score (nSPS) is 27.2. The quantitative estimate of drug-likeness (QED) is 0.803. The van der Waals surface area contributed by atoms with E-state index in [1.54, 1.807) is 16.2 Å². The maximum Gasteiger partial charge on any atom is 0.264 e. The van der Waals surface area contributed by atoms with Crippen LogP contribution in [0.2, 0.25) is 0 Å². The van der Waals surface area contributed by atoms with Crippen LogP contribution in [0.25, 0.3) is 0 Å². The van der Waals surface area contributed by atoms with Crippen LogP contribution in [0.1, 0.15) is 52.7 Å². The van der Waals surface area contributed by atoms with Gasteiger partial charge in [0.05, 0.1) is 10.5 Å². The lowest BCUT2D eigenvalue weighted by atomic mass is 10.1. The highest BCUT2D eigenvalue weighted by Gasteiger charge is 2.35. The van der Waals surface area contributed by atoms with Crippen LogP contribution >= 0.6 is 11.3 Å². The number of rotatable bonds is 1. The van der Waals surface area contributed by atoms with E-state index in [0.717, 1.165) is 17.7 Å². The summed E-state index contributed by atoms with van der Waals surface area (Å²) in [5.74, 6) is 0.107. The molecule has 1 amide bonds. The molecule has 3 nitrogen and oxygen atoms in total. The fourth-order valence-electron chi connectivity index (χ4n) is 3.05. The van der Waals surface area contributed by atoms with E-state index in [1.807, 2.05) is 6.92 Å². The summed E-state index contributed by atoms with van der Waals surface area (Å²) in [4.78, 5) is 16.5. The molecule has 0 bridgehead atoms. The molecule has 1 aliphatic heterocycles. The first-order valence-electron chi connectivity index (χ1n) is 7.18. The van der Waals surface area contributed by atoms with Crippen molar-refractivity contribution in [1.82, 2.24) is 4.90 Å². The summed E-state index contributed by atoms with van der Waals surface area (Å²) in [5.41, 5.74) is 0.682. The summed E-state index contributed by atoms with van der Waals surface area (Å²) >= 11 is 1.67. The van der Waals surface area contributed by atoms with Crippen molar-refractivity contribution in [3.63, 3.8) is 0 Å². The molecule has 0 aromatic carbocycles. The summed E-state index contributed by atoms with van der Waals surface area (Å²) in [6.07, 6.45) is 6.74. The summed E-state index contributed by atoms with van der Waals surface area (Å²) in [5, 5.41) is 9.97. The maximum atomic E-state index is 12.5. The van der Waals surface area contributed by atoms with Crippen LogP contribution in [0, 0.1) is 0 Å². The van der Waals surface area contributed by atoms with E-state index >= 15 is 0 Å². The van der Waals surface area contributed by atoms with Gasteiger partial charge >= 0.3 is 0 Å². The van der Waals surface area contributed by atoms with Crippen LogP contribution in [0.3, 0.4) is 0 Å². The predicted octanol–water partition coefficient (Wildman–Crippen LogP) is 2.61. The van der Waals surface area contributed by atoms with Crippen molar-refractivity contribution in [2.24, 2.45) is 0 Å². The zero-order valence-corrected chi connectivity index (χ0v) is 12.3. The van der Waals surface area contributed by atoms with E-state index in [1.165, 1.54) is 29.7 Å². The lowest BCUT2D eigenvalue weighted by Crippen LogP contribution is -2.33. The van der Waals surface area contributed by atoms with Gasteiger partial charge in [-0.1, -0.05) is 6.42 Å². The fourth-order valence-corrected chi connectivity index (χ4v) is 4.27. The Kier molecular flexibility index (Phi) is 3.39. The van der Waals surface area contributed by atoms with Gasteiger partial charge in [-0.15, -0.1) is 11.3 Å². The molecule has 104 valence electrons. The topological polar surface area (TPSA) is 40.5 Å². The third kappa shape index (κ3) is 2.70. The molecule has 1 aliphatic carbocycles. The van der Waals surface area contributed by atoms with Crippen LogP contribution in [-0.2, 0) is 12.8 Å². The first-order valence-corrected chi connectivity index (χ1v) is 8.00. The molecular formula is C15H21NO2S. The van der Waals surface area contributed by atoms with Gasteiger partial charge in [-0.3, -0.25) is 4.79 Å². The smallest absolute Gasteiger partial charge is 0.264 e. The van der Waals surface area contributed by atoms with Gasteiger partial charge in [0, 0.05) is 18.0 Å². The molecular weight excluding hydrogens is 258 g/mol. The number of aliphatic hydroxyl groups is 1. The van der Waals surface area contributed by atoms with Gasteiger partial charge in [0.1, 0.15) is 0 Å². The van der Waals surface area contributed by atoms with E-state index in [0.29, 0.717) is 19.5 Å². The number of nitrogens with zero attached hydrogens (tertiary/aromatic N) is 1. The maximum absolute atomic E-state index is 12.5. The minimum Gasteiger partial charge on any atom is -0.388 e. The average Bonchev–Trinajstić information content (AvgIpc) is 2.86. The second-order valence-electron chi connectivity index (χ2n) is 6.09. The highest BCUT2D eigenvalue weighted by atomic mass is 32.1. The Morgan fingerprint density at radius 1 is 1.37 bits per heavy atom. The van der Waals surface area contributed by atoms with Gasteiger partial charge in [-0.2, -0.15) is 0 Å². The molecule has 2 heterocycles. The Morgan fingerprint density at radius 2 is 2.16 bits per heavy atom. The molecule has 1 saturated heterocycles. The van der Waals surface area contributed by atoms with Crippen molar-refractivity contribution in [2.45, 2.75) is 51.0 Å². The van der Waals surface area contributed by atoms with Gasteiger partial charge in [-0.25, -0.2) is 0 Å². The largest absolute Gasteiger partial charge is 0.388 e. The lowest BCUT2D eigenvalue weighted by molar-refractivity contribution is 0.0575. The number of hydrogen-bond donors (Lipinski definition) is 1. The molecule has 1 unspecified atom stereocenters. The highest BCUT2D eigenvalue weighted by molar-refractivity contribution is 7.14. The third-order valence-electron chi connectivity index (χ3n) is 4.20. The van der Waals surface area contributed by atoms with Gasteiger partial charge in [0.15, 0.2) is 0 Å². The molecule has 1 N–H and O–H groups in total. The Balaban J connectivity index is 1.77. The second-order valence-corrected chi connectivity index (χ2v) is 7.23. The van der Waals surface area contributed by atoms with Crippen LogP contribution in [-0.4, -0.2) is 34.6 Å². The van der Waals surface area contributed by atoms with E-state index in [4.69, 9.17) is 0 Å². The molecule has 1 atom stereocenters. The Morgan fingerprint density at radius 3 is 2.89 bits per heavy atom. The summed E-state index contributed by atoms with van der Waals surface area (Å²) in [6.45, 7) is 2.95. The molecule has 0 radical (unpaired) electrons. The van der Waals surface area contributed by atoms with Crippen LogP contribution < -0.4 is 0 Å². The number of β-amino-alcohol motifs (C(OH)–C–C–N with tert-alkyl or cyclic N) is 1. The van der Waals surface area contributed by atoms with Crippen molar-refractivity contribution in [1.29, 1.82) is 0 Å². The SMILES string of the molecule is CC1(O)CCN(C(=O)c2cc3c(s2)CCCCC3)C1. The van der Waals surface area contributed by atoms with E-state index in [9.17, 15) is 9.90 Å². The van der Waals surface area contributed by atoms with Crippen LogP contribution in [0.15, 0.2) is 6.07 Å². The minimum absolute atomic E-state index is 0.107. The summed E-state index contributed by atoms with van der Waals surface area (Å²) < 4.78 is 0. The molecule has 0 saturated carbocycles. The molecule has 1 fully saturated rings. The minimum atomic E-state index is -0.704. The molecule has 2 aliphatic rings. The number of fused-ring (bicyclic) bond motifs is 1. The van der Waals surface area contributed by atoms with Gasteiger partial charge in [-0.05, 0) is 50.7 Å². The number of amides is 1. The molecule has 4 heteroatoms. The number of aryl methyl sites for hydroxylation is 2. The van der Waals surface area contributed by atoms with Crippen molar-refractivity contribution < 1.29 is 9.90 Å². The molecule has 3 rings (SSSR count). The molecule has 1 aromatic rings. The Labute approximate surface area is 118 Å². The number of thiophene rings is 1. The average molecular weight is 279 g/mol. The van der Waals surface area contributed by atoms with E-state index in [-0.39, 0.29) is 5.91 Å². The standard InChI is InChI=1S/C15H21NO2S/c1-15(18)7-8-16(10-15)14(17)13-9-11-5-3-2-4-6-12(11)19-13/h9,18H,2-8,10H2,1H3. The second kappa shape index (κ2) is 4.91. The highest BCUT2D eigenvalue weighted by Crippen LogP contribution is 2.31. The lowest BCUT2D eigenvalue weighted by Gasteiger charge is -2.18. The van der Waals surface area contributed by atoms with E-state index < -0.39 is 5.60 Å². The van der Waals surface area contributed by atoms with Gasteiger partial charge in [0.2, 0.25) is 0 Å². The van der Waals surface area contributed by atoms with Gasteiger partial charge < -0.3 is 10.0 Å². The first-order chi connectivity index (χ1) is 9.05. The Hall–Kier alpha value is -0.870. The van der Waals surface area contributed by atoms with Crippen LogP contribution in [0.4, 0.5) is 0 Å². The summed E-state index contributed by atoms with van der Waals surface area (Å²) in [6, 6.07) is 2.10. The number of hydrogen-bond acceptors (Lipinski definition) is 3. The fraction of sp³-hybridized carbons (Fsp3) is 0.667.